The highest BCUT2D eigenvalue weighted by Crippen LogP contribution is 2.12. The van der Waals surface area contributed by atoms with Gasteiger partial charge in [-0.1, -0.05) is 29.8 Å². The molecule has 0 aliphatic rings. The van der Waals surface area contributed by atoms with Gasteiger partial charge in [-0.25, -0.2) is 4.98 Å². The maximum absolute atomic E-state index is 8.47. The highest BCUT2D eigenvalue weighted by molar-refractivity contribution is 6.30. The normalized spacial score (nSPS) is 10.7. The third-order valence-corrected chi connectivity index (χ3v) is 1.51. The minimum Gasteiger partial charge on any atom is -0.392 e. The van der Waals surface area contributed by atoms with E-state index in [1.54, 1.807) is 24.4 Å². The number of aromatic nitrogens is 1. The number of rotatable bonds is 2. The van der Waals surface area contributed by atoms with E-state index in [4.69, 9.17) is 16.7 Å². The largest absolute Gasteiger partial charge is 0.392 e. The van der Waals surface area contributed by atoms with Gasteiger partial charge in [-0.2, -0.15) is 0 Å². The molecule has 0 unspecified atom stereocenters. The zero-order chi connectivity index (χ0) is 8.10. The number of pyridine rings is 1. The van der Waals surface area contributed by atoms with Crippen LogP contribution >= 0.6 is 11.6 Å². The van der Waals surface area contributed by atoms with Crippen molar-refractivity contribution in [1.82, 2.24) is 4.98 Å². The van der Waals surface area contributed by atoms with Gasteiger partial charge in [-0.05, 0) is 6.07 Å². The van der Waals surface area contributed by atoms with Gasteiger partial charge in [0, 0.05) is 11.8 Å². The summed E-state index contributed by atoms with van der Waals surface area (Å²) in [6.07, 6.45) is 4.97. The molecule has 1 aromatic heterocycles. The molecule has 0 aliphatic carbocycles. The Kier molecular flexibility index (Phi) is 3.08. The van der Waals surface area contributed by atoms with Crippen LogP contribution in [0.15, 0.2) is 24.4 Å². The molecule has 0 aliphatic heterocycles. The number of aliphatic hydroxyl groups excluding tert-OH is 1. The maximum atomic E-state index is 8.47. The summed E-state index contributed by atoms with van der Waals surface area (Å²) in [5.41, 5.74) is 0.822. The Balaban J connectivity index is 2.86. The van der Waals surface area contributed by atoms with Crippen LogP contribution in [0.2, 0.25) is 5.15 Å². The molecule has 1 N–H and O–H groups in total. The van der Waals surface area contributed by atoms with Gasteiger partial charge in [0.05, 0.1) is 6.61 Å². The van der Waals surface area contributed by atoms with E-state index >= 15 is 0 Å². The SMILES string of the molecule is OC/C=C/c1cccnc1Cl. The summed E-state index contributed by atoms with van der Waals surface area (Å²) in [5.74, 6) is 0. The standard InChI is InChI=1S/C8H8ClNO/c9-8-7(4-2-6-11)3-1-5-10-8/h1-5,11H,6H2/b4-2+. The van der Waals surface area contributed by atoms with Crippen LogP contribution in [0.4, 0.5) is 0 Å². The van der Waals surface area contributed by atoms with Gasteiger partial charge in [0.2, 0.25) is 0 Å². The average Bonchev–Trinajstić information content (AvgIpc) is 2.03. The molecular weight excluding hydrogens is 162 g/mol. The zero-order valence-electron chi connectivity index (χ0n) is 5.87. The van der Waals surface area contributed by atoms with Crippen LogP contribution in [0.25, 0.3) is 6.08 Å². The van der Waals surface area contributed by atoms with Crippen LogP contribution in [0, 0.1) is 0 Å². The predicted molar refractivity (Wildman–Crippen MR) is 45.4 cm³/mol. The lowest BCUT2D eigenvalue weighted by atomic mass is 10.2. The number of hydrogen-bond acceptors (Lipinski definition) is 2. The van der Waals surface area contributed by atoms with Gasteiger partial charge in [0.1, 0.15) is 5.15 Å². The van der Waals surface area contributed by atoms with E-state index in [1.807, 2.05) is 6.07 Å². The van der Waals surface area contributed by atoms with E-state index in [-0.39, 0.29) is 6.61 Å². The first-order chi connectivity index (χ1) is 5.34. The fourth-order valence-electron chi connectivity index (χ4n) is 0.702. The van der Waals surface area contributed by atoms with Gasteiger partial charge in [0.25, 0.3) is 0 Å². The summed E-state index contributed by atoms with van der Waals surface area (Å²) in [5, 5.41) is 8.92. The van der Waals surface area contributed by atoms with E-state index in [1.165, 1.54) is 0 Å². The van der Waals surface area contributed by atoms with Crippen molar-refractivity contribution in [3.63, 3.8) is 0 Å². The molecule has 0 aromatic carbocycles. The molecule has 58 valence electrons. The molecule has 1 heterocycles. The summed E-state index contributed by atoms with van der Waals surface area (Å²) in [6.45, 7) is 0.0191. The van der Waals surface area contributed by atoms with Crippen molar-refractivity contribution in [2.45, 2.75) is 0 Å². The molecule has 0 fully saturated rings. The van der Waals surface area contributed by atoms with Crippen LogP contribution < -0.4 is 0 Å². The summed E-state index contributed by atoms with van der Waals surface area (Å²) in [6, 6.07) is 3.63. The molecule has 2 nitrogen and oxygen atoms in total. The summed E-state index contributed by atoms with van der Waals surface area (Å²) in [7, 11) is 0. The van der Waals surface area contributed by atoms with E-state index in [9.17, 15) is 0 Å². The first kappa shape index (κ1) is 8.24. The molecule has 0 amide bonds. The highest BCUT2D eigenvalue weighted by Gasteiger charge is 1.92. The van der Waals surface area contributed by atoms with Gasteiger partial charge in [-0.3, -0.25) is 0 Å². The van der Waals surface area contributed by atoms with E-state index in [2.05, 4.69) is 4.98 Å². The van der Waals surface area contributed by atoms with Crippen molar-refractivity contribution < 1.29 is 5.11 Å². The van der Waals surface area contributed by atoms with Crippen LogP contribution in [0.5, 0.6) is 0 Å². The van der Waals surface area contributed by atoms with E-state index < -0.39 is 0 Å². The molecule has 11 heavy (non-hydrogen) atoms. The second-order valence-corrected chi connectivity index (χ2v) is 2.33. The fraction of sp³-hybridized carbons (Fsp3) is 0.125. The summed E-state index contributed by atoms with van der Waals surface area (Å²) >= 11 is 5.72. The topological polar surface area (TPSA) is 33.1 Å². The highest BCUT2D eigenvalue weighted by atomic mass is 35.5. The van der Waals surface area contributed by atoms with Crippen molar-refractivity contribution in [3.05, 3.63) is 35.1 Å². The molecule has 0 saturated heterocycles. The number of halogens is 1. The minimum absolute atomic E-state index is 0.0191. The second kappa shape index (κ2) is 4.11. The van der Waals surface area contributed by atoms with E-state index in [0.29, 0.717) is 5.15 Å². The molecule has 0 spiro atoms. The number of hydrogen-bond donors (Lipinski definition) is 1. The Bertz CT molecular complexity index is 260. The van der Waals surface area contributed by atoms with Crippen molar-refractivity contribution >= 4 is 17.7 Å². The van der Waals surface area contributed by atoms with Crippen molar-refractivity contribution in [2.24, 2.45) is 0 Å². The van der Waals surface area contributed by atoms with Gasteiger partial charge in [-0.15, -0.1) is 0 Å². The monoisotopic (exact) mass is 169 g/mol. The lowest BCUT2D eigenvalue weighted by Gasteiger charge is -1.93. The molecule has 0 bridgehead atoms. The molecule has 0 atom stereocenters. The Morgan fingerprint density at radius 1 is 1.64 bits per heavy atom. The van der Waals surface area contributed by atoms with Gasteiger partial charge >= 0.3 is 0 Å². The molecule has 1 aromatic rings. The third-order valence-electron chi connectivity index (χ3n) is 1.19. The van der Waals surface area contributed by atoms with E-state index in [0.717, 1.165) is 5.56 Å². The fourth-order valence-corrected chi connectivity index (χ4v) is 0.885. The van der Waals surface area contributed by atoms with Gasteiger partial charge in [0.15, 0.2) is 0 Å². The Morgan fingerprint density at radius 3 is 3.09 bits per heavy atom. The van der Waals surface area contributed by atoms with Crippen LogP contribution in [-0.4, -0.2) is 16.7 Å². The Labute approximate surface area is 70.2 Å². The lowest BCUT2D eigenvalue weighted by molar-refractivity contribution is 0.343. The van der Waals surface area contributed by atoms with Crippen LogP contribution in [0.1, 0.15) is 5.56 Å². The molecule has 1 rings (SSSR count). The quantitative estimate of drug-likeness (QED) is 0.685. The second-order valence-electron chi connectivity index (χ2n) is 1.97. The summed E-state index contributed by atoms with van der Waals surface area (Å²) in [4.78, 5) is 3.86. The Morgan fingerprint density at radius 2 is 2.45 bits per heavy atom. The van der Waals surface area contributed by atoms with Crippen molar-refractivity contribution in [2.75, 3.05) is 6.61 Å². The average molecular weight is 170 g/mol. The van der Waals surface area contributed by atoms with Crippen molar-refractivity contribution in [3.8, 4) is 0 Å². The third kappa shape index (κ3) is 2.33. The smallest absolute Gasteiger partial charge is 0.136 e. The number of nitrogens with zero attached hydrogens (tertiary/aromatic N) is 1. The summed E-state index contributed by atoms with van der Waals surface area (Å²) < 4.78 is 0. The zero-order valence-corrected chi connectivity index (χ0v) is 6.62. The molecule has 0 radical (unpaired) electrons. The molecule has 3 heteroatoms. The maximum Gasteiger partial charge on any atom is 0.136 e. The van der Waals surface area contributed by atoms with Gasteiger partial charge < -0.3 is 5.11 Å². The van der Waals surface area contributed by atoms with Crippen molar-refractivity contribution in [1.29, 1.82) is 0 Å². The molecule has 0 saturated carbocycles. The lowest BCUT2D eigenvalue weighted by Crippen LogP contribution is -1.79. The van der Waals surface area contributed by atoms with Crippen LogP contribution in [0.3, 0.4) is 0 Å². The first-order valence-electron chi connectivity index (χ1n) is 3.22. The number of aliphatic hydroxyl groups is 1. The van der Waals surface area contributed by atoms with Crippen LogP contribution in [-0.2, 0) is 0 Å². The predicted octanol–water partition coefficient (Wildman–Crippen LogP) is 1.74. The minimum atomic E-state index is 0.0191. The first-order valence-corrected chi connectivity index (χ1v) is 3.60. The molecular formula is C8H8ClNO. The Hall–Kier alpha value is -0.860.